The standard InChI is InChI=1S/C21H31N3O4/c1-16-4-3-5-19(12-16)23-8-6-21(28,7-9-23)15-22-10-11-24(17(2)25)14-18(13-22)20(26)27/h3-5,12,18,28H,6-11,13-15H2,1-2H3,(H,26,27)/t18-/m0/s1. The number of carbonyl (C=O) groups is 2. The van der Waals surface area contributed by atoms with E-state index < -0.39 is 17.5 Å². The number of aliphatic carboxylic acids is 1. The van der Waals surface area contributed by atoms with E-state index in [0.29, 0.717) is 39.0 Å². The van der Waals surface area contributed by atoms with Crippen LogP contribution in [0.4, 0.5) is 5.69 Å². The van der Waals surface area contributed by atoms with Gasteiger partial charge in [-0.2, -0.15) is 0 Å². The van der Waals surface area contributed by atoms with Gasteiger partial charge in [0, 0.05) is 58.4 Å². The third-order valence-corrected chi connectivity index (χ3v) is 5.98. The smallest absolute Gasteiger partial charge is 0.309 e. The van der Waals surface area contributed by atoms with E-state index in [4.69, 9.17) is 0 Å². The SMILES string of the molecule is CC(=O)N1CCN(CC2(O)CCN(c3cccc(C)c3)CC2)C[C@H](C(=O)O)C1. The van der Waals surface area contributed by atoms with Crippen molar-refractivity contribution >= 4 is 17.6 Å². The number of aliphatic hydroxyl groups is 1. The van der Waals surface area contributed by atoms with Crippen molar-refractivity contribution in [1.29, 1.82) is 0 Å². The van der Waals surface area contributed by atoms with Crippen LogP contribution in [0.3, 0.4) is 0 Å². The lowest BCUT2D eigenvalue weighted by Gasteiger charge is -2.42. The monoisotopic (exact) mass is 389 g/mol. The molecule has 2 aliphatic heterocycles. The summed E-state index contributed by atoms with van der Waals surface area (Å²) >= 11 is 0. The second-order valence-electron chi connectivity index (χ2n) is 8.29. The fourth-order valence-corrected chi connectivity index (χ4v) is 4.25. The number of carboxylic acids is 1. The quantitative estimate of drug-likeness (QED) is 0.805. The summed E-state index contributed by atoms with van der Waals surface area (Å²) in [4.78, 5) is 29.2. The Morgan fingerprint density at radius 2 is 1.86 bits per heavy atom. The lowest BCUT2D eigenvalue weighted by molar-refractivity contribution is -0.143. The zero-order valence-electron chi connectivity index (χ0n) is 16.8. The van der Waals surface area contributed by atoms with Crippen LogP contribution in [0.15, 0.2) is 24.3 Å². The number of nitrogens with zero attached hydrogens (tertiary/aromatic N) is 3. The number of rotatable bonds is 4. The van der Waals surface area contributed by atoms with Crippen LogP contribution in [0.1, 0.15) is 25.3 Å². The first-order chi connectivity index (χ1) is 13.3. The average Bonchev–Trinajstić information content (AvgIpc) is 2.85. The van der Waals surface area contributed by atoms with Gasteiger partial charge in [-0.1, -0.05) is 12.1 Å². The van der Waals surface area contributed by atoms with E-state index in [0.717, 1.165) is 13.1 Å². The number of piperidine rings is 1. The summed E-state index contributed by atoms with van der Waals surface area (Å²) in [5.74, 6) is -1.61. The first-order valence-corrected chi connectivity index (χ1v) is 10.0. The van der Waals surface area contributed by atoms with E-state index in [1.807, 2.05) is 4.90 Å². The number of hydrogen-bond acceptors (Lipinski definition) is 5. The molecule has 2 aliphatic rings. The van der Waals surface area contributed by atoms with Crippen LogP contribution >= 0.6 is 0 Å². The van der Waals surface area contributed by atoms with Gasteiger partial charge < -0.3 is 20.0 Å². The zero-order valence-corrected chi connectivity index (χ0v) is 16.8. The summed E-state index contributed by atoms with van der Waals surface area (Å²) in [6, 6.07) is 8.38. The summed E-state index contributed by atoms with van der Waals surface area (Å²) in [5.41, 5.74) is 1.58. The first kappa shape index (κ1) is 20.6. The first-order valence-electron chi connectivity index (χ1n) is 10.0. The van der Waals surface area contributed by atoms with Gasteiger partial charge in [-0.15, -0.1) is 0 Å². The fraction of sp³-hybridized carbons (Fsp3) is 0.619. The Kier molecular flexibility index (Phi) is 6.25. The molecule has 7 heteroatoms. The van der Waals surface area contributed by atoms with Crippen LogP contribution in [0, 0.1) is 12.8 Å². The molecule has 0 unspecified atom stereocenters. The molecule has 0 saturated carbocycles. The van der Waals surface area contributed by atoms with Crippen LogP contribution in [-0.2, 0) is 9.59 Å². The fourth-order valence-electron chi connectivity index (χ4n) is 4.25. The molecule has 28 heavy (non-hydrogen) atoms. The molecule has 7 nitrogen and oxygen atoms in total. The number of β-amino-alcohol motifs (C(OH)–C–C–N with tert-alkyl or cyclic N) is 1. The molecule has 1 atom stereocenters. The van der Waals surface area contributed by atoms with Gasteiger partial charge >= 0.3 is 5.97 Å². The molecule has 2 saturated heterocycles. The highest BCUT2D eigenvalue weighted by Crippen LogP contribution is 2.28. The van der Waals surface area contributed by atoms with Gasteiger partial charge in [0.2, 0.25) is 5.91 Å². The zero-order chi connectivity index (χ0) is 20.3. The van der Waals surface area contributed by atoms with Crippen molar-refractivity contribution in [2.75, 3.05) is 50.7 Å². The lowest BCUT2D eigenvalue weighted by Crippen LogP contribution is -2.52. The molecule has 0 bridgehead atoms. The molecule has 0 radical (unpaired) electrons. The predicted octanol–water partition coefficient (Wildman–Crippen LogP) is 1.19. The third kappa shape index (κ3) is 5.02. The van der Waals surface area contributed by atoms with Crippen molar-refractivity contribution in [3.63, 3.8) is 0 Å². The van der Waals surface area contributed by atoms with Crippen molar-refractivity contribution in [1.82, 2.24) is 9.80 Å². The lowest BCUT2D eigenvalue weighted by atomic mass is 9.90. The Hall–Kier alpha value is -2.12. The molecule has 0 spiro atoms. The summed E-state index contributed by atoms with van der Waals surface area (Å²) in [5, 5.41) is 20.6. The van der Waals surface area contributed by atoms with Gasteiger partial charge in [-0.25, -0.2) is 0 Å². The number of benzene rings is 1. The second kappa shape index (κ2) is 8.49. The summed E-state index contributed by atoms with van der Waals surface area (Å²) in [7, 11) is 0. The van der Waals surface area contributed by atoms with Gasteiger partial charge in [-0.3, -0.25) is 14.5 Å². The molecule has 2 fully saturated rings. The third-order valence-electron chi connectivity index (χ3n) is 5.98. The van der Waals surface area contributed by atoms with Gasteiger partial charge in [0.1, 0.15) is 0 Å². The Morgan fingerprint density at radius 3 is 2.46 bits per heavy atom. The Morgan fingerprint density at radius 1 is 1.14 bits per heavy atom. The number of amides is 1. The highest BCUT2D eigenvalue weighted by molar-refractivity contribution is 5.75. The molecule has 3 rings (SSSR count). The van der Waals surface area contributed by atoms with E-state index in [9.17, 15) is 19.8 Å². The van der Waals surface area contributed by atoms with Gasteiger partial charge in [-0.05, 0) is 37.5 Å². The van der Waals surface area contributed by atoms with Crippen LogP contribution in [0.2, 0.25) is 0 Å². The minimum Gasteiger partial charge on any atom is -0.481 e. The van der Waals surface area contributed by atoms with E-state index in [2.05, 4.69) is 36.1 Å². The molecule has 0 aromatic heterocycles. The summed E-state index contributed by atoms with van der Waals surface area (Å²) in [6.07, 6.45) is 1.29. The maximum atomic E-state index is 11.7. The summed E-state index contributed by atoms with van der Waals surface area (Å²) < 4.78 is 0. The van der Waals surface area contributed by atoms with Crippen molar-refractivity contribution in [3.05, 3.63) is 29.8 Å². The topological polar surface area (TPSA) is 84.3 Å². The number of carbonyl (C=O) groups excluding carboxylic acids is 1. The minimum absolute atomic E-state index is 0.0988. The number of aryl methyl sites for hydroxylation is 1. The molecular weight excluding hydrogens is 358 g/mol. The second-order valence-corrected chi connectivity index (χ2v) is 8.29. The van der Waals surface area contributed by atoms with E-state index in [1.165, 1.54) is 18.2 Å². The van der Waals surface area contributed by atoms with Crippen molar-refractivity contribution in [3.8, 4) is 0 Å². The Bertz CT molecular complexity index is 715. The molecule has 2 heterocycles. The maximum Gasteiger partial charge on any atom is 0.309 e. The maximum absolute atomic E-state index is 11.7. The highest BCUT2D eigenvalue weighted by Gasteiger charge is 2.37. The molecule has 1 aromatic carbocycles. The van der Waals surface area contributed by atoms with Crippen LogP contribution in [0.5, 0.6) is 0 Å². The number of hydrogen-bond donors (Lipinski definition) is 2. The summed E-state index contributed by atoms with van der Waals surface area (Å²) in [6.45, 7) is 7.24. The van der Waals surface area contributed by atoms with E-state index in [-0.39, 0.29) is 12.5 Å². The Labute approximate surface area is 166 Å². The average molecular weight is 389 g/mol. The van der Waals surface area contributed by atoms with Gasteiger partial charge in [0.25, 0.3) is 0 Å². The number of carboxylic acid groups (broad SMARTS) is 1. The molecule has 1 aromatic rings. The molecule has 2 N–H and O–H groups in total. The minimum atomic E-state index is -0.889. The predicted molar refractivity (Wildman–Crippen MR) is 107 cm³/mol. The van der Waals surface area contributed by atoms with Crippen molar-refractivity contribution in [2.24, 2.45) is 5.92 Å². The van der Waals surface area contributed by atoms with Crippen molar-refractivity contribution in [2.45, 2.75) is 32.3 Å². The number of anilines is 1. The van der Waals surface area contributed by atoms with Crippen molar-refractivity contribution < 1.29 is 19.8 Å². The Balaban J connectivity index is 1.61. The van der Waals surface area contributed by atoms with E-state index in [1.54, 1.807) is 4.90 Å². The largest absolute Gasteiger partial charge is 0.481 e. The molecule has 1 amide bonds. The van der Waals surface area contributed by atoms with Crippen LogP contribution in [-0.4, -0.2) is 83.3 Å². The highest BCUT2D eigenvalue weighted by atomic mass is 16.4. The van der Waals surface area contributed by atoms with Gasteiger partial charge in [0.05, 0.1) is 11.5 Å². The van der Waals surface area contributed by atoms with Crippen LogP contribution < -0.4 is 4.90 Å². The molecular formula is C21H31N3O4. The van der Waals surface area contributed by atoms with E-state index >= 15 is 0 Å². The van der Waals surface area contributed by atoms with Gasteiger partial charge in [0.15, 0.2) is 0 Å². The molecule has 154 valence electrons. The molecule has 0 aliphatic carbocycles. The normalized spacial score (nSPS) is 23.3. The van der Waals surface area contributed by atoms with Crippen LogP contribution in [0.25, 0.3) is 0 Å².